The highest BCUT2D eigenvalue weighted by Gasteiger charge is 2.46. The number of nitrogens with zero attached hydrogens (tertiary/aromatic N) is 3. The molecule has 0 spiro atoms. The zero-order valence-corrected chi connectivity index (χ0v) is 19.1. The van der Waals surface area contributed by atoms with Crippen molar-refractivity contribution < 1.29 is 27.6 Å². The lowest BCUT2D eigenvalue weighted by molar-refractivity contribution is -0.384. The monoisotopic (exact) mass is 539 g/mol. The summed E-state index contributed by atoms with van der Waals surface area (Å²) in [6.07, 6.45) is -4.92. The summed E-state index contributed by atoms with van der Waals surface area (Å²) in [4.78, 5) is 23.2. The molecule has 0 aliphatic carbocycles. The number of non-ortho nitro benzene ring substituents is 1. The van der Waals surface area contributed by atoms with Gasteiger partial charge in [-0.05, 0) is 17.7 Å². The third-order valence-electron chi connectivity index (χ3n) is 5.29. The van der Waals surface area contributed by atoms with Gasteiger partial charge in [0.1, 0.15) is 11.6 Å². The molecule has 2 atom stereocenters. The van der Waals surface area contributed by atoms with E-state index < -0.39 is 29.1 Å². The first-order valence-corrected chi connectivity index (χ1v) is 10.7. The second-order valence-electron chi connectivity index (χ2n) is 7.53. The molecule has 0 saturated heterocycles. The average molecular weight is 540 g/mol. The number of anilines is 2. The number of ether oxygens (including phenoxy) is 1. The van der Waals surface area contributed by atoms with Gasteiger partial charge in [0.2, 0.25) is 0 Å². The average Bonchev–Trinajstić information content (AvgIpc) is 3.22. The summed E-state index contributed by atoms with van der Waals surface area (Å²) in [5.41, 5.74) is 0.0864. The van der Waals surface area contributed by atoms with E-state index in [9.17, 15) is 28.1 Å². The van der Waals surface area contributed by atoms with E-state index in [0.29, 0.717) is 5.56 Å². The summed E-state index contributed by atoms with van der Waals surface area (Å²) < 4.78 is 48.1. The maximum atomic E-state index is 13.9. The van der Waals surface area contributed by atoms with E-state index in [4.69, 9.17) is 4.74 Å². The molecule has 1 amide bonds. The fourth-order valence-electron chi connectivity index (χ4n) is 3.67. The van der Waals surface area contributed by atoms with Crippen molar-refractivity contribution in [1.29, 1.82) is 0 Å². The van der Waals surface area contributed by atoms with Gasteiger partial charge in [-0.2, -0.15) is 18.3 Å². The van der Waals surface area contributed by atoms with Crippen molar-refractivity contribution in [3.05, 3.63) is 74.4 Å². The number of aromatic nitrogens is 2. The number of fused-ring (bicyclic) bond motifs is 1. The molecular formula is C21H17BrF3N5O4. The first kappa shape index (κ1) is 23.5. The Hall–Kier alpha value is -3.61. The lowest BCUT2D eigenvalue weighted by atomic mass is 9.97. The van der Waals surface area contributed by atoms with Gasteiger partial charge in [-0.15, -0.1) is 0 Å². The Morgan fingerprint density at radius 2 is 1.97 bits per heavy atom. The maximum Gasteiger partial charge on any atom is 0.410 e. The van der Waals surface area contributed by atoms with Gasteiger partial charge in [-0.25, -0.2) is 4.68 Å². The summed E-state index contributed by atoms with van der Waals surface area (Å²) in [6.45, 7) is 0. The van der Waals surface area contributed by atoms with Crippen LogP contribution < -0.4 is 15.4 Å². The number of nitrogens with one attached hydrogen (secondary N) is 2. The number of hydrogen-bond donors (Lipinski definition) is 2. The van der Waals surface area contributed by atoms with Crippen LogP contribution in [0.5, 0.6) is 5.75 Å². The normalized spacial score (nSPS) is 17.4. The van der Waals surface area contributed by atoms with Crippen LogP contribution in [0.25, 0.3) is 0 Å². The number of carbonyl (C=O) groups is 1. The van der Waals surface area contributed by atoms with Crippen molar-refractivity contribution in [1.82, 2.24) is 9.78 Å². The fraction of sp³-hybridized carbons (Fsp3) is 0.238. The van der Waals surface area contributed by atoms with Crippen LogP contribution in [0.15, 0.2) is 53.0 Å². The van der Waals surface area contributed by atoms with Gasteiger partial charge >= 0.3 is 6.18 Å². The van der Waals surface area contributed by atoms with Crippen LogP contribution in [0.4, 0.5) is 30.4 Å². The highest BCUT2D eigenvalue weighted by molar-refractivity contribution is 9.10. The largest absolute Gasteiger partial charge is 0.496 e. The van der Waals surface area contributed by atoms with E-state index in [0.717, 1.165) is 15.2 Å². The number of methoxy groups -OCH3 is 1. The van der Waals surface area contributed by atoms with Crippen LogP contribution in [-0.4, -0.2) is 33.9 Å². The molecule has 0 fully saturated rings. The zero-order valence-electron chi connectivity index (χ0n) is 17.5. The van der Waals surface area contributed by atoms with Gasteiger partial charge in [0, 0.05) is 29.1 Å². The molecule has 3 aromatic rings. The van der Waals surface area contributed by atoms with E-state index in [1.165, 1.54) is 25.3 Å². The Morgan fingerprint density at radius 1 is 1.26 bits per heavy atom. The van der Waals surface area contributed by atoms with Crippen molar-refractivity contribution in [3.8, 4) is 5.75 Å². The van der Waals surface area contributed by atoms with Crippen LogP contribution in [0.3, 0.4) is 0 Å². The van der Waals surface area contributed by atoms with E-state index in [1.807, 2.05) is 0 Å². The molecule has 9 nitrogen and oxygen atoms in total. The predicted octanol–water partition coefficient (Wildman–Crippen LogP) is 5.48. The molecule has 2 aromatic carbocycles. The number of halogens is 4. The van der Waals surface area contributed by atoms with Crippen LogP contribution >= 0.6 is 15.9 Å². The van der Waals surface area contributed by atoms with Gasteiger partial charge in [0.25, 0.3) is 11.6 Å². The zero-order chi connectivity index (χ0) is 24.6. The molecule has 2 N–H and O–H groups in total. The van der Waals surface area contributed by atoms with Gasteiger partial charge in [0.15, 0.2) is 11.7 Å². The number of hydrogen-bond acceptors (Lipinski definition) is 6. The third kappa shape index (κ3) is 4.83. The predicted molar refractivity (Wildman–Crippen MR) is 120 cm³/mol. The number of rotatable bonds is 5. The van der Waals surface area contributed by atoms with Crippen molar-refractivity contribution in [3.63, 3.8) is 0 Å². The molecule has 34 heavy (non-hydrogen) atoms. The Balaban J connectivity index is 1.64. The number of nitro benzene ring substituents is 1. The molecule has 13 heteroatoms. The van der Waals surface area contributed by atoms with Crippen LogP contribution in [0.1, 0.15) is 34.6 Å². The second-order valence-corrected chi connectivity index (χ2v) is 8.45. The second kappa shape index (κ2) is 8.97. The number of alkyl halides is 3. The van der Waals surface area contributed by atoms with Crippen molar-refractivity contribution >= 4 is 39.0 Å². The maximum absolute atomic E-state index is 13.9. The highest BCUT2D eigenvalue weighted by Crippen LogP contribution is 2.43. The third-order valence-corrected chi connectivity index (χ3v) is 5.82. The standard InChI is InChI=1S/C21H17BrF3N5O4/c1-34-15-7-13(6-14(8-15)30(32)33)26-20(31)17-10-19-27-16(11-2-4-12(22)5-3-11)9-18(21(23,24)25)29(19)28-17/h2-8,10,16,18,27H,9H2,1H3,(H,26,31)/t16-,18-/m1/s1. The molecule has 4 rings (SSSR count). The SMILES string of the molecule is COc1cc(NC(=O)c2cc3n(n2)[C@@H](C(F)(F)F)C[C@H](c2ccc(Br)cc2)N3)cc([N+](=O)[O-])c1. The van der Waals surface area contributed by atoms with Gasteiger partial charge < -0.3 is 15.4 Å². The van der Waals surface area contributed by atoms with E-state index in [2.05, 4.69) is 31.7 Å². The number of amides is 1. The molecule has 0 saturated carbocycles. The Labute approximate surface area is 199 Å². The molecule has 1 aliphatic heterocycles. The number of nitro groups is 1. The smallest absolute Gasteiger partial charge is 0.410 e. The summed E-state index contributed by atoms with van der Waals surface area (Å²) in [7, 11) is 1.30. The molecule has 178 valence electrons. The van der Waals surface area contributed by atoms with E-state index in [-0.39, 0.29) is 35.1 Å². The van der Waals surface area contributed by atoms with Crippen molar-refractivity contribution in [2.45, 2.75) is 24.7 Å². The Kier molecular flexibility index (Phi) is 6.21. The summed E-state index contributed by atoms with van der Waals surface area (Å²) >= 11 is 3.30. The molecule has 0 radical (unpaired) electrons. The van der Waals surface area contributed by atoms with Gasteiger partial charge in [-0.3, -0.25) is 14.9 Å². The Morgan fingerprint density at radius 3 is 2.59 bits per heavy atom. The molecule has 0 unspecified atom stereocenters. The lowest BCUT2D eigenvalue weighted by Gasteiger charge is -2.33. The van der Waals surface area contributed by atoms with Crippen molar-refractivity contribution in [2.75, 3.05) is 17.7 Å². The first-order valence-electron chi connectivity index (χ1n) is 9.88. The minimum absolute atomic E-state index is 0.0308. The van der Waals surface area contributed by atoms with Gasteiger partial charge in [-0.1, -0.05) is 28.1 Å². The minimum Gasteiger partial charge on any atom is -0.496 e. The summed E-state index contributed by atoms with van der Waals surface area (Å²) in [5, 5.41) is 20.4. The van der Waals surface area contributed by atoms with Crippen molar-refractivity contribution in [2.24, 2.45) is 0 Å². The van der Waals surface area contributed by atoms with E-state index in [1.54, 1.807) is 24.3 Å². The molecule has 1 aromatic heterocycles. The molecule has 0 bridgehead atoms. The van der Waals surface area contributed by atoms with Crippen LogP contribution in [-0.2, 0) is 0 Å². The Bertz CT molecular complexity index is 1250. The molecule has 2 heterocycles. The molecular weight excluding hydrogens is 523 g/mol. The fourth-order valence-corrected chi connectivity index (χ4v) is 3.94. The van der Waals surface area contributed by atoms with E-state index >= 15 is 0 Å². The first-order chi connectivity index (χ1) is 16.0. The van der Waals surface area contributed by atoms with Gasteiger partial charge in [0.05, 0.1) is 29.8 Å². The number of carbonyl (C=O) groups excluding carboxylic acids is 1. The summed E-state index contributed by atoms with van der Waals surface area (Å²) in [5.74, 6) is -0.666. The lowest BCUT2D eigenvalue weighted by Crippen LogP contribution is -2.35. The highest BCUT2D eigenvalue weighted by atomic mass is 79.9. The number of benzene rings is 2. The van der Waals surface area contributed by atoms with Crippen LogP contribution in [0.2, 0.25) is 0 Å². The summed E-state index contributed by atoms with van der Waals surface area (Å²) in [6, 6.07) is 9.14. The quantitative estimate of drug-likeness (QED) is 0.328. The van der Waals surface area contributed by atoms with Crippen LogP contribution in [0, 0.1) is 10.1 Å². The minimum atomic E-state index is -4.60. The topological polar surface area (TPSA) is 111 Å². The molecule has 1 aliphatic rings.